The molecule has 0 radical (unpaired) electrons. The quantitative estimate of drug-likeness (QED) is 0.888. The zero-order valence-corrected chi connectivity index (χ0v) is 10.9. The molecule has 100 valence electrons. The van der Waals surface area contributed by atoms with Gasteiger partial charge in [-0.1, -0.05) is 25.1 Å². The van der Waals surface area contributed by atoms with E-state index in [-0.39, 0.29) is 5.41 Å². The van der Waals surface area contributed by atoms with Gasteiger partial charge < -0.3 is 14.5 Å². The number of hydrogen-bond donors (Lipinski definition) is 1. The fourth-order valence-electron chi connectivity index (χ4n) is 2.05. The van der Waals surface area contributed by atoms with Gasteiger partial charge in [-0.25, -0.2) is 0 Å². The third-order valence-corrected chi connectivity index (χ3v) is 3.22. The molecule has 1 aromatic heterocycles. The Labute approximate surface area is 112 Å². The lowest BCUT2D eigenvalue weighted by atomic mass is 9.89. The molecule has 1 N–H and O–H groups in total. The molecule has 2 aromatic rings. The molecule has 0 amide bonds. The fraction of sp³-hybridized carbons (Fsp3) is 0.429. The summed E-state index contributed by atoms with van der Waals surface area (Å²) >= 11 is 0. The van der Waals surface area contributed by atoms with Gasteiger partial charge in [0.05, 0.1) is 19.8 Å². The van der Waals surface area contributed by atoms with Crippen LogP contribution >= 0.6 is 0 Å². The van der Waals surface area contributed by atoms with Crippen LogP contribution in [0.25, 0.3) is 11.5 Å². The smallest absolute Gasteiger partial charge is 0.247 e. The van der Waals surface area contributed by atoms with Gasteiger partial charge >= 0.3 is 0 Å². The highest BCUT2D eigenvalue weighted by molar-refractivity contribution is 5.51. The van der Waals surface area contributed by atoms with E-state index < -0.39 is 0 Å². The molecule has 0 atom stereocenters. The first-order chi connectivity index (χ1) is 9.25. The summed E-state index contributed by atoms with van der Waals surface area (Å²) in [5.41, 5.74) is 1.20. The molecule has 0 bridgehead atoms. The van der Waals surface area contributed by atoms with Crippen LogP contribution in [-0.4, -0.2) is 30.0 Å². The van der Waals surface area contributed by atoms with Crippen molar-refractivity contribution in [3.05, 3.63) is 36.2 Å². The molecule has 5 nitrogen and oxygen atoms in total. The number of ether oxygens (including phenoxy) is 1. The molecule has 1 aromatic carbocycles. The van der Waals surface area contributed by atoms with E-state index in [1.165, 1.54) is 0 Å². The molecule has 1 aliphatic heterocycles. The highest BCUT2D eigenvalue weighted by atomic mass is 16.5. The summed E-state index contributed by atoms with van der Waals surface area (Å²) in [4.78, 5) is 0. The van der Waals surface area contributed by atoms with Gasteiger partial charge in [-0.05, 0) is 12.1 Å². The molecule has 5 heteroatoms. The van der Waals surface area contributed by atoms with Crippen molar-refractivity contribution in [1.82, 2.24) is 15.5 Å². The Morgan fingerprint density at radius 1 is 1.21 bits per heavy atom. The monoisotopic (exact) mass is 259 g/mol. The van der Waals surface area contributed by atoms with Crippen molar-refractivity contribution in [2.24, 2.45) is 5.41 Å². The Balaban J connectivity index is 1.56. The number of rotatable bonds is 5. The molecule has 0 aliphatic carbocycles. The van der Waals surface area contributed by atoms with Crippen molar-refractivity contribution in [3.8, 4) is 11.5 Å². The summed E-state index contributed by atoms with van der Waals surface area (Å²) in [6.45, 7) is 5.33. The van der Waals surface area contributed by atoms with Gasteiger partial charge in [0.2, 0.25) is 11.8 Å². The topological polar surface area (TPSA) is 60.2 Å². The van der Waals surface area contributed by atoms with E-state index in [0.717, 1.165) is 25.3 Å². The van der Waals surface area contributed by atoms with Crippen molar-refractivity contribution in [3.63, 3.8) is 0 Å². The van der Waals surface area contributed by atoms with Gasteiger partial charge in [0.1, 0.15) is 0 Å². The highest BCUT2D eigenvalue weighted by Crippen LogP contribution is 2.25. The summed E-state index contributed by atoms with van der Waals surface area (Å²) in [5, 5.41) is 11.4. The summed E-state index contributed by atoms with van der Waals surface area (Å²) in [6, 6.07) is 9.78. The molecule has 3 rings (SSSR count). The first-order valence-corrected chi connectivity index (χ1v) is 6.41. The van der Waals surface area contributed by atoms with Gasteiger partial charge in [0, 0.05) is 17.5 Å². The van der Waals surface area contributed by atoms with Gasteiger partial charge in [0.25, 0.3) is 0 Å². The molecule has 0 spiro atoms. The minimum Gasteiger partial charge on any atom is -0.419 e. The molecular formula is C14H17N3O2. The Hall–Kier alpha value is -1.72. The maximum atomic E-state index is 5.62. The number of hydrogen-bond acceptors (Lipinski definition) is 5. The second kappa shape index (κ2) is 5.11. The zero-order valence-electron chi connectivity index (χ0n) is 10.9. The Morgan fingerprint density at radius 3 is 2.68 bits per heavy atom. The molecule has 2 heterocycles. The van der Waals surface area contributed by atoms with Crippen LogP contribution in [0.5, 0.6) is 0 Å². The molecule has 0 unspecified atom stereocenters. The molecule has 0 saturated carbocycles. The van der Waals surface area contributed by atoms with Crippen molar-refractivity contribution in [2.45, 2.75) is 13.5 Å². The minimum absolute atomic E-state index is 0.252. The third kappa shape index (κ3) is 2.83. The molecule has 1 saturated heterocycles. The normalized spacial score (nSPS) is 17.1. The van der Waals surface area contributed by atoms with E-state index in [4.69, 9.17) is 9.15 Å². The maximum Gasteiger partial charge on any atom is 0.247 e. The van der Waals surface area contributed by atoms with E-state index in [0.29, 0.717) is 18.3 Å². The largest absolute Gasteiger partial charge is 0.419 e. The average Bonchev–Trinajstić information content (AvgIpc) is 2.87. The lowest BCUT2D eigenvalue weighted by Gasteiger charge is -2.38. The van der Waals surface area contributed by atoms with Gasteiger partial charge in [-0.3, -0.25) is 0 Å². The number of nitrogens with zero attached hydrogens (tertiary/aromatic N) is 2. The summed E-state index contributed by atoms with van der Waals surface area (Å²) in [5.74, 6) is 1.18. The van der Waals surface area contributed by atoms with Crippen LogP contribution < -0.4 is 5.32 Å². The lowest BCUT2D eigenvalue weighted by Crippen LogP contribution is -2.47. The van der Waals surface area contributed by atoms with Crippen LogP contribution in [0, 0.1) is 5.41 Å². The average molecular weight is 259 g/mol. The van der Waals surface area contributed by atoms with E-state index >= 15 is 0 Å². The predicted molar refractivity (Wildman–Crippen MR) is 70.4 cm³/mol. The maximum absolute atomic E-state index is 5.62. The standard InChI is InChI=1S/C14H17N3O2/c1-14(9-18-10-14)8-15-7-12-16-17-13(19-12)11-5-3-2-4-6-11/h2-6,15H,7-10H2,1H3. The van der Waals surface area contributed by atoms with Crippen LogP contribution in [0.2, 0.25) is 0 Å². The van der Waals surface area contributed by atoms with Crippen molar-refractivity contribution < 1.29 is 9.15 Å². The summed E-state index contributed by atoms with van der Waals surface area (Å²) < 4.78 is 10.8. The van der Waals surface area contributed by atoms with E-state index in [1.54, 1.807) is 0 Å². The highest BCUT2D eigenvalue weighted by Gasteiger charge is 2.32. The van der Waals surface area contributed by atoms with Gasteiger partial charge in [0.15, 0.2) is 0 Å². The van der Waals surface area contributed by atoms with Crippen LogP contribution in [0.1, 0.15) is 12.8 Å². The van der Waals surface area contributed by atoms with Gasteiger partial charge in [-0.15, -0.1) is 10.2 Å². The second-order valence-corrected chi connectivity index (χ2v) is 5.27. The van der Waals surface area contributed by atoms with Crippen LogP contribution in [0.4, 0.5) is 0 Å². The Bertz CT molecular complexity index is 535. The lowest BCUT2D eigenvalue weighted by molar-refractivity contribution is -0.0993. The summed E-state index contributed by atoms with van der Waals surface area (Å²) in [7, 11) is 0. The summed E-state index contributed by atoms with van der Waals surface area (Å²) in [6.07, 6.45) is 0. The molecule has 19 heavy (non-hydrogen) atoms. The first kappa shape index (κ1) is 12.3. The van der Waals surface area contributed by atoms with Crippen molar-refractivity contribution in [2.75, 3.05) is 19.8 Å². The Kier molecular flexibility index (Phi) is 3.31. The fourth-order valence-corrected chi connectivity index (χ4v) is 2.05. The first-order valence-electron chi connectivity index (χ1n) is 6.41. The predicted octanol–water partition coefficient (Wildman–Crippen LogP) is 1.86. The second-order valence-electron chi connectivity index (χ2n) is 5.27. The number of aromatic nitrogens is 2. The van der Waals surface area contributed by atoms with E-state index in [2.05, 4.69) is 22.4 Å². The van der Waals surface area contributed by atoms with Crippen LogP contribution in [0.15, 0.2) is 34.7 Å². The van der Waals surface area contributed by atoms with E-state index in [9.17, 15) is 0 Å². The minimum atomic E-state index is 0.252. The van der Waals surface area contributed by atoms with E-state index in [1.807, 2.05) is 30.3 Å². The van der Waals surface area contributed by atoms with Crippen LogP contribution in [0.3, 0.4) is 0 Å². The number of nitrogens with one attached hydrogen (secondary N) is 1. The zero-order chi connectivity index (χ0) is 13.1. The SMILES string of the molecule is CC1(CNCc2nnc(-c3ccccc3)o2)COC1. The molecular weight excluding hydrogens is 242 g/mol. The van der Waals surface area contributed by atoms with Crippen LogP contribution in [-0.2, 0) is 11.3 Å². The third-order valence-electron chi connectivity index (χ3n) is 3.22. The molecule has 1 fully saturated rings. The Morgan fingerprint density at radius 2 is 2.00 bits per heavy atom. The van der Waals surface area contributed by atoms with Crippen molar-refractivity contribution in [1.29, 1.82) is 0 Å². The number of benzene rings is 1. The molecule has 1 aliphatic rings. The van der Waals surface area contributed by atoms with Crippen molar-refractivity contribution >= 4 is 0 Å². The van der Waals surface area contributed by atoms with Gasteiger partial charge in [-0.2, -0.15) is 0 Å².